The van der Waals surface area contributed by atoms with Crippen molar-refractivity contribution in [1.82, 2.24) is 4.90 Å². The van der Waals surface area contributed by atoms with Gasteiger partial charge in [0.25, 0.3) is 5.91 Å². The number of piperazine rings is 1. The topological polar surface area (TPSA) is 43.2 Å². The van der Waals surface area contributed by atoms with Gasteiger partial charge in [0.15, 0.2) is 0 Å². The smallest absolute Gasteiger partial charge is 0.254 e. The van der Waals surface area contributed by atoms with Crippen molar-refractivity contribution in [2.75, 3.05) is 40.4 Å². The van der Waals surface area contributed by atoms with Crippen LogP contribution in [-0.4, -0.2) is 51.2 Å². The third-order valence-corrected chi connectivity index (χ3v) is 4.71. The molecule has 1 N–H and O–H groups in total. The van der Waals surface area contributed by atoms with Gasteiger partial charge in [-0.15, -0.1) is 0 Å². The van der Waals surface area contributed by atoms with E-state index in [0.717, 1.165) is 49.8 Å². The summed E-state index contributed by atoms with van der Waals surface area (Å²) in [4.78, 5) is 15.9. The number of hydrogen-bond donors (Lipinski definition) is 1. The highest BCUT2D eigenvalue weighted by Crippen LogP contribution is 2.23. The van der Waals surface area contributed by atoms with Crippen LogP contribution in [-0.2, 0) is 6.54 Å². The van der Waals surface area contributed by atoms with Crippen LogP contribution in [0.4, 0.5) is 0 Å². The Morgan fingerprint density at radius 1 is 1.04 bits per heavy atom. The molecular weight excluding hydrogens is 316 g/mol. The summed E-state index contributed by atoms with van der Waals surface area (Å²) in [6.07, 6.45) is 0. The van der Waals surface area contributed by atoms with E-state index in [1.807, 2.05) is 47.4 Å². The minimum absolute atomic E-state index is 0.127. The van der Waals surface area contributed by atoms with Gasteiger partial charge in [-0.25, -0.2) is 0 Å². The van der Waals surface area contributed by atoms with Crippen LogP contribution in [0.5, 0.6) is 11.5 Å². The molecule has 0 saturated carbocycles. The van der Waals surface area contributed by atoms with Gasteiger partial charge in [0.2, 0.25) is 0 Å². The monoisotopic (exact) mass is 341 g/mol. The van der Waals surface area contributed by atoms with Crippen molar-refractivity contribution in [1.29, 1.82) is 0 Å². The maximum atomic E-state index is 12.5. The first kappa shape index (κ1) is 17.3. The highest BCUT2D eigenvalue weighted by molar-refractivity contribution is 5.94. The summed E-state index contributed by atoms with van der Waals surface area (Å²) in [5.41, 5.74) is 1.93. The Morgan fingerprint density at radius 3 is 2.40 bits per heavy atom. The van der Waals surface area contributed by atoms with Gasteiger partial charge >= 0.3 is 0 Å². The van der Waals surface area contributed by atoms with Gasteiger partial charge in [0.1, 0.15) is 18.0 Å². The lowest BCUT2D eigenvalue weighted by Gasteiger charge is -2.32. The van der Waals surface area contributed by atoms with Gasteiger partial charge in [-0.3, -0.25) is 4.79 Å². The van der Waals surface area contributed by atoms with E-state index in [2.05, 4.69) is 6.07 Å². The van der Waals surface area contributed by atoms with Crippen molar-refractivity contribution in [2.45, 2.75) is 6.54 Å². The second kappa shape index (κ2) is 8.03. The summed E-state index contributed by atoms with van der Waals surface area (Å²) in [5, 5.41) is 0. The zero-order valence-corrected chi connectivity index (χ0v) is 14.8. The molecule has 2 aromatic carbocycles. The van der Waals surface area contributed by atoms with Crippen molar-refractivity contribution < 1.29 is 19.2 Å². The summed E-state index contributed by atoms with van der Waals surface area (Å²) in [7, 11) is 3.34. The van der Waals surface area contributed by atoms with Crippen molar-refractivity contribution in [3.8, 4) is 11.5 Å². The number of amides is 1. The Balaban J connectivity index is 1.59. The number of nitrogens with one attached hydrogen (secondary N) is 1. The summed E-state index contributed by atoms with van der Waals surface area (Å²) in [6.45, 7) is 4.32. The van der Waals surface area contributed by atoms with E-state index < -0.39 is 0 Å². The standard InChI is InChI=1S/C20H24N2O3/c1-24-18-9-8-17(19(14-18)25-2)15-21-10-12-22(13-11-21)20(23)16-6-4-3-5-7-16/h3-9,14H,10-13,15H2,1-2H3/p+1. The van der Waals surface area contributed by atoms with E-state index in [-0.39, 0.29) is 5.91 Å². The maximum absolute atomic E-state index is 12.5. The fraction of sp³-hybridized carbons (Fsp3) is 0.350. The lowest BCUT2D eigenvalue weighted by Crippen LogP contribution is -3.13. The van der Waals surface area contributed by atoms with E-state index in [1.54, 1.807) is 14.2 Å². The van der Waals surface area contributed by atoms with Gasteiger partial charge in [-0.1, -0.05) is 18.2 Å². The molecule has 0 bridgehead atoms. The first-order chi connectivity index (χ1) is 12.2. The van der Waals surface area contributed by atoms with E-state index in [4.69, 9.17) is 9.47 Å². The van der Waals surface area contributed by atoms with Crippen LogP contribution in [0.3, 0.4) is 0 Å². The quantitative estimate of drug-likeness (QED) is 0.890. The third kappa shape index (κ3) is 4.12. The predicted molar refractivity (Wildman–Crippen MR) is 96.3 cm³/mol. The Bertz CT molecular complexity index is 710. The first-order valence-corrected chi connectivity index (χ1v) is 8.60. The number of ether oxygens (including phenoxy) is 2. The second-order valence-electron chi connectivity index (χ2n) is 6.26. The van der Waals surface area contributed by atoms with Gasteiger partial charge < -0.3 is 19.3 Å². The molecule has 1 aliphatic heterocycles. The van der Waals surface area contributed by atoms with Crippen LogP contribution in [0.15, 0.2) is 48.5 Å². The number of nitrogens with zero attached hydrogens (tertiary/aromatic N) is 1. The fourth-order valence-corrected chi connectivity index (χ4v) is 3.23. The Hall–Kier alpha value is -2.53. The van der Waals surface area contributed by atoms with Crippen molar-refractivity contribution >= 4 is 5.91 Å². The zero-order chi connectivity index (χ0) is 17.6. The number of carbonyl (C=O) groups excluding carboxylic acids is 1. The molecule has 25 heavy (non-hydrogen) atoms. The summed E-state index contributed by atoms with van der Waals surface area (Å²) < 4.78 is 10.7. The van der Waals surface area contributed by atoms with Crippen LogP contribution in [0.2, 0.25) is 0 Å². The molecule has 1 saturated heterocycles. The SMILES string of the molecule is COc1ccc(C[NH+]2CCN(C(=O)c3ccccc3)CC2)c(OC)c1. The number of methoxy groups -OCH3 is 2. The molecule has 0 spiro atoms. The Labute approximate surface area is 148 Å². The minimum Gasteiger partial charge on any atom is -0.497 e. The molecule has 5 heteroatoms. The number of carbonyl (C=O) groups is 1. The number of quaternary nitrogens is 1. The number of benzene rings is 2. The molecule has 5 nitrogen and oxygen atoms in total. The highest BCUT2D eigenvalue weighted by atomic mass is 16.5. The molecule has 0 aromatic heterocycles. The Kier molecular flexibility index (Phi) is 5.56. The molecule has 0 aliphatic carbocycles. The number of rotatable bonds is 5. The normalized spacial score (nSPS) is 15.0. The van der Waals surface area contributed by atoms with Crippen LogP contribution < -0.4 is 14.4 Å². The third-order valence-electron chi connectivity index (χ3n) is 4.71. The van der Waals surface area contributed by atoms with E-state index >= 15 is 0 Å². The largest absolute Gasteiger partial charge is 0.497 e. The molecule has 1 heterocycles. The van der Waals surface area contributed by atoms with Crippen molar-refractivity contribution in [2.24, 2.45) is 0 Å². The lowest BCUT2D eigenvalue weighted by molar-refractivity contribution is -0.917. The molecule has 1 amide bonds. The summed E-state index contributed by atoms with van der Waals surface area (Å²) in [5.74, 6) is 1.78. The molecule has 0 radical (unpaired) electrons. The van der Waals surface area contributed by atoms with Crippen LogP contribution in [0.1, 0.15) is 15.9 Å². The van der Waals surface area contributed by atoms with Crippen molar-refractivity contribution in [3.05, 3.63) is 59.7 Å². The van der Waals surface area contributed by atoms with Crippen LogP contribution in [0, 0.1) is 0 Å². The molecule has 2 aromatic rings. The van der Waals surface area contributed by atoms with E-state index in [9.17, 15) is 4.79 Å². The average molecular weight is 341 g/mol. The Morgan fingerprint density at radius 2 is 1.76 bits per heavy atom. The maximum Gasteiger partial charge on any atom is 0.254 e. The van der Waals surface area contributed by atoms with E-state index in [0.29, 0.717) is 0 Å². The van der Waals surface area contributed by atoms with Gasteiger partial charge in [-0.05, 0) is 24.3 Å². The fourth-order valence-electron chi connectivity index (χ4n) is 3.23. The lowest BCUT2D eigenvalue weighted by atomic mass is 10.1. The molecule has 132 valence electrons. The number of hydrogen-bond acceptors (Lipinski definition) is 3. The molecule has 1 aliphatic rings. The molecule has 3 rings (SSSR count). The predicted octanol–water partition coefficient (Wildman–Crippen LogP) is 1.24. The minimum atomic E-state index is 0.127. The van der Waals surface area contributed by atoms with E-state index in [1.165, 1.54) is 10.5 Å². The first-order valence-electron chi connectivity index (χ1n) is 8.60. The second-order valence-corrected chi connectivity index (χ2v) is 6.26. The molecule has 1 fully saturated rings. The van der Waals surface area contributed by atoms with Crippen LogP contribution in [0.25, 0.3) is 0 Å². The van der Waals surface area contributed by atoms with Gasteiger partial charge in [-0.2, -0.15) is 0 Å². The average Bonchev–Trinajstić information content (AvgIpc) is 2.69. The van der Waals surface area contributed by atoms with Crippen LogP contribution >= 0.6 is 0 Å². The highest BCUT2D eigenvalue weighted by Gasteiger charge is 2.25. The molecular formula is C20H25N2O3+. The summed E-state index contributed by atoms with van der Waals surface area (Å²) >= 11 is 0. The van der Waals surface area contributed by atoms with Crippen molar-refractivity contribution in [3.63, 3.8) is 0 Å². The molecule has 0 atom stereocenters. The molecule has 0 unspecified atom stereocenters. The van der Waals surface area contributed by atoms with Gasteiger partial charge in [0.05, 0.1) is 40.4 Å². The summed E-state index contributed by atoms with van der Waals surface area (Å²) in [6, 6.07) is 15.5. The van der Waals surface area contributed by atoms with Gasteiger partial charge in [0, 0.05) is 17.2 Å². The zero-order valence-electron chi connectivity index (χ0n) is 14.8.